The molecular formula is C67H65FIrN-. The molecule has 8 aromatic carbocycles. The van der Waals surface area contributed by atoms with Gasteiger partial charge in [0.05, 0.1) is 0 Å². The molecule has 1 radical (unpaired) electrons. The van der Waals surface area contributed by atoms with E-state index in [0.29, 0.717) is 11.3 Å². The molecule has 0 spiro atoms. The van der Waals surface area contributed by atoms with Crippen LogP contribution < -0.4 is 0 Å². The van der Waals surface area contributed by atoms with Gasteiger partial charge in [0.15, 0.2) is 0 Å². The van der Waals surface area contributed by atoms with Crippen molar-refractivity contribution in [2.24, 2.45) is 0 Å². The van der Waals surface area contributed by atoms with Gasteiger partial charge >= 0.3 is 0 Å². The van der Waals surface area contributed by atoms with Crippen molar-refractivity contribution >= 4 is 10.8 Å². The summed E-state index contributed by atoms with van der Waals surface area (Å²) in [6.45, 7) is 26.9. The molecule has 0 bridgehead atoms. The second-order valence-corrected chi connectivity index (χ2v) is 23.1. The molecule has 0 aliphatic carbocycles. The van der Waals surface area contributed by atoms with Gasteiger partial charge in [-0.05, 0) is 164 Å². The molecule has 0 saturated heterocycles. The zero-order chi connectivity index (χ0) is 49.0. The largest absolute Gasteiger partial charge is 0.304 e. The Hall–Kier alpha value is -6.25. The van der Waals surface area contributed by atoms with E-state index in [1.165, 1.54) is 22.3 Å². The van der Waals surface area contributed by atoms with Gasteiger partial charge in [-0.3, -0.25) is 0 Å². The first-order valence-corrected chi connectivity index (χ1v) is 24.4. The SMILES string of the molecule is CC(C)(C)c1ccc(-c2cc(-c3ccc(C(C)(C)C)cc3)cc(-c3cc(F)[c-]c(-c4nccc5c(-c6cc(-c7ccc(C(C)(C)C)cc7)cc(-c7ccc(C(C)(C)C)cc7)c6)cccc45)c3)c2)cc1.[Ir]. The predicted molar refractivity (Wildman–Crippen MR) is 293 cm³/mol. The van der Waals surface area contributed by atoms with Crippen molar-refractivity contribution in [3.63, 3.8) is 0 Å². The van der Waals surface area contributed by atoms with Gasteiger partial charge < -0.3 is 4.98 Å². The molecule has 3 heteroatoms. The summed E-state index contributed by atoms with van der Waals surface area (Å²) in [5.41, 5.74) is 19.5. The van der Waals surface area contributed by atoms with Crippen LogP contribution in [0.5, 0.6) is 0 Å². The normalized spacial score (nSPS) is 12.2. The van der Waals surface area contributed by atoms with Crippen molar-refractivity contribution in [1.82, 2.24) is 4.98 Å². The van der Waals surface area contributed by atoms with Crippen LogP contribution in [0, 0.1) is 11.9 Å². The maximum absolute atomic E-state index is 16.2. The molecule has 70 heavy (non-hydrogen) atoms. The Morgan fingerprint density at radius 3 is 1.03 bits per heavy atom. The maximum atomic E-state index is 16.2. The molecule has 1 nitrogen and oxygen atoms in total. The quantitative estimate of drug-likeness (QED) is 0.145. The fourth-order valence-corrected chi connectivity index (χ4v) is 9.40. The second kappa shape index (κ2) is 19.2. The molecule has 0 saturated carbocycles. The molecule has 0 unspecified atom stereocenters. The van der Waals surface area contributed by atoms with Crippen LogP contribution in [-0.4, -0.2) is 4.98 Å². The van der Waals surface area contributed by atoms with Crippen LogP contribution in [0.1, 0.15) is 105 Å². The Kier molecular flexibility index (Phi) is 13.7. The van der Waals surface area contributed by atoms with E-state index < -0.39 is 5.82 Å². The summed E-state index contributed by atoms with van der Waals surface area (Å²) >= 11 is 0. The molecule has 0 amide bonds. The van der Waals surface area contributed by atoms with Crippen molar-refractivity contribution < 1.29 is 24.5 Å². The Labute approximate surface area is 430 Å². The Morgan fingerprint density at radius 1 is 0.343 bits per heavy atom. The molecule has 0 N–H and O–H groups in total. The fraction of sp³-hybridized carbons (Fsp3) is 0.239. The van der Waals surface area contributed by atoms with Crippen LogP contribution in [0.3, 0.4) is 0 Å². The minimum Gasteiger partial charge on any atom is -0.304 e. The van der Waals surface area contributed by atoms with Gasteiger partial charge in [-0.1, -0.05) is 210 Å². The van der Waals surface area contributed by atoms with E-state index in [0.717, 1.165) is 77.5 Å². The van der Waals surface area contributed by atoms with Crippen molar-refractivity contribution in [3.8, 4) is 78.0 Å². The van der Waals surface area contributed by atoms with Crippen molar-refractivity contribution in [2.75, 3.05) is 0 Å². The monoisotopic (exact) mass is 1100 g/mol. The number of benzene rings is 8. The van der Waals surface area contributed by atoms with E-state index in [9.17, 15) is 0 Å². The van der Waals surface area contributed by atoms with Crippen LogP contribution in [-0.2, 0) is 41.8 Å². The third kappa shape index (κ3) is 10.7. The third-order valence-electron chi connectivity index (χ3n) is 13.7. The molecule has 1 heterocycles. The minimum absolute atomic E-state index is 0. The molecule has 9 rings (SSSR count). The van der Waals surface area contributed by atoms with E-state index in [4.69, 9.17) is 4.98 Å². The number of rotatable bonds is 7. The smallest absolute Gasteiger partial charge is 0.0410 e. The van der Waals surface area contributed by atoms with E-state index in [1.807, 2.05) is 12.3 Å². The van der Waals surface area contributed by atoms with Gasteiger partial charge in [0.1, 0.15) is 0 Å². The van der Waals surface area contributed by atoms with Gasteiger partial charge in [0, 0.05) is 32.1 Å². The van der Waals surface area contributed by atoms with E-state index in [-0.39, 0.29) is 41.8 Å². The summed E-state index contributed by atoms with van der Waals surface area (Å²) < 4.78 is 16.2. The summed E-state index contributed by atoms with van der Waals surface area (Å²) in [4.78, 5) is 4.96. The third-order valence-corrected chi connectivity index (χ3v) is 13.7. The molecule has 0 atom stereocenters. The van der Waals surface area contributed by atoms with Crippen LogP contribution in [0.4, 0.5) is 4.39 Å². The summed E-state index contributed by atoms with van der Waals surface area (Å²) in [6.07, 6.45) is 1.85. The number of hydrogen-bond donors (Lipinski definition) is 0. The standard InChI is InChI=1S/C67H65FN.Ir/c1-64(2,3)55-24-16-43(17-25-55)47-34-48(44-18-26-56(27-19-44)65(4,5)6)37-51(36-47)52-40-54(42-59(68)41-52)63-62-15-13-14-60(61(62)32-33-69-63)53-38-49(45-20-28-57(29-21-45)66(7,8)9)35-50(39-53)46-22-30-58(31-23-46)67(10,11)12;/h13-41H,1-12H3;/q-1;. The molecular weight excluding hydrogens is 1030 g/mol. The molecule has 0 aliphatic heterocycles. The van der Waals surface area contributed by atoms with Gasteiger partial charge in [-0.2, -0.15) is 0 Å². The first-order valence-electron chi connectivity index (χ1n) is 24.4. The number of nitrogens with zero attached hydrogens (tertiary/aromatic N) is 1. The molecule has 9 aromatic rings. The summed E-state index contributed by atoms with van der Waals surface area (Å²) in [7, 11) is 0. The van der Waals surface area contributed by atoms with Crippen molar-refractivity contribution in [1.29, 1.82) is 0 Å². The van der Waals surface area contributed by atoms with Gasteiger partial charge in [0.25, 0.3) is 0 Å². The van der Waals surface area contributed by atoms with E-state index in [2.05, 4.69) is 247 Å². The average Bonchev–Trinajstić information content (AvgIpc) is 3.32. The second-order valence-electron chi connectivity index (χ2n) is 23.1. The number of hydrogen-bond acceptors (Lipinski definition) is 1. The Bertz CT molecular complexity index is 3160. The number of aromatic nitrogens is 1. The Balaban J connectivity index is 0.00000659. The number of fused-ring (bicyclic) bond motifs is 1. The van der Waals surface area contributed by atoms with Crippen molar-refractivity contribution in [3.05, 3.63) is 210 Å². The zero-order valence-corrected chi connectivity index (χ0v) is 45.3. The average molecular weight is 1100 g/mol. The molecule has 1 aromatic heterocycles. The molecule has 0 aliphatic rings. The summed E-state index contributed by atoms with van der Waals surface area (Å²) in [6, 6.07) is 64.5. The first-order chi connectivity index (χ1) is 32.6. The molecule has 355 valence electrons. The van der Waals surface area contributed by atoms with E-state index in [1.54, 1.807) is 6.07 Å². The molecule has 0 fully saturated rings. The summed E-state index contributed by atoms with van der Waals surface area (Å²) in [5.74, 6) is -0.430. The Morgan fingerprint density at radius 2 is 0.671 bits per heavy atom. The topological polar surface area (TPSA) is 12.9 Å². The van der Waals surface area contributed by atoms with Crippen LogP contribution in [0.25, 0.3) is 88.8 Å². The van der Waals surface area contributed by atoms with Crippen LogP contribution in [0.2, 0.25) is 0 Å². The first kappa shape index (κ1) is 50.1. The van der Waals surface area contributed by atoms with Crippen LogP contribution >= 0.6 is 0 Å². The summed E-state index contributed by atoms with van der Waals surface area (Å²) in [5, 5.41) is 1.98. The maximum Gasteiger partial charge on any atom is 0.0410 e. The van der Waals surface area contributed by atoms with Crippen molar-refractivity contribution in [2.45, 2.75) is 105 Å². The van der Waals surface area contributed by atoms with Gasteiger partial charge in [0.2, 0.25) is 0 Å². The number of pyridine rings is 1. The van der Waals surface area contributed by atoms with E-state index >= 15 is 4.39 Å². The fourth-order valence-electron chi connectivity index (χ4n) is 9.40. The van der Waals surface area contributed by atoms with Gasteiger partial charge in [-0.25, -0.2) is 4.39 Å². The zero-order valence-electron chi connectivity index (χ0n) is 42.9. The van der Waals surface area contributed by atoms with Crippen LogP contribution in [0.15, 0.2) is 176 Å². The van der Waals surface area contributed by atoms with Gasteiger partial charge in [-0.15, -0.1) is 17.7 Å². The number of halogens is 1. The minimum atomic E-state index is -0.430. The predicted octanol–water partition coefficient (Wildman–Crippen LogP) is 19.0.